The van der Waals surface area contributed by atoms with Crippen LogP contribution in [-0.2, 0) is 6.42 Å². The Morgan fingerprint density at radius 1 is 0.886 bits per heavy atom. The zero-order valence-corrected chi connectivity index (χ0v) is 20.5. The maximum absolute atomic E-state index is 13.4. The van der Waals surface area contributed by atoms with Crippen LogP contribution < -0.4 is 20.3 Å². The van der Waals surface area contributed by atoms with Crippen molar-refractivity contribution in [3.8, 4) is 17.2 Å². The van der Waals surface area contributed by atoms with Gasteiger partial charge in [0.05, 0.1) is 36.9 Å². The number of anilines is 2. The Bertz CT molecular complexity index is 1350. The van der Waals surface area contributed by atoms with Gasteiger partial charge in [-0.2, -0.15) is 0 Å². The molecule has 0 radical (unpaired) electrons. The van der Waals surface area contributed by atoms with Crippen LogP contribution in [0.1, 0.15) is 31.5 Å². The Kier molecular flexibility index (Phi) is 7.35. The van der Waals surface area contributed by atoms with E-state index < -0.39 is 0 Å². The number of hydrogen-bond donors (Lipinski definition) is 2. The summed E-state index contributed by atoms with van der Waals surface area (Å²) in [5.41, 5.74) is 5.50. The van der Waals surface area contributed by atoms with Gasteiger partial charge in [0.1, 0.15) is 11.5 Å². The molecule has 35 heavy (non-hydrogen) atoms. The van der Waals surface area contributed by atoms with Gasteiger partial charge in [0, 0.05) is 17.1 Å². The molecule has 1 heterocycles. The van der Waals surface area contributed by atoms with Crippen molar-refractivity contribution in [2.75, 3.05) is 19.5 Å². The molecule has 0 atom stereocenters. The number of rotatable bonds is 9. The molecule has 0 aliphatic rings. The number of aromatic amines is 1. The Hall–Kier alpha value is -4.26. The minimum atomic E-state index is -0.113. The lowest BCUT2D eigenvalue weighted by Gasteiger charge is -2.08. The van der Waals surface area contributed by atoms with E-state index in [1.807, 2.05) is 79.7 Å². The van der Waals surface area contributed by atoms with Crippen LogP contribution in [0.5, 0.6) is 11.5 Å². The molecule has 0 saturated carbocycles. The summed E-state index contributed by atoms with van der Waals surface area (Å²) in [7, 11) is 3.27. The lowest BCUT2D eigenvalue weighted by atomic mass is 10.1. The van der Waals surface area contributed by atoms with E-state index >= 15 is 0 Å². The third-order valence-electron chi connectivity index (χ3n) is 5.70. The van der Waals surface area contributed by atoms with E-state index in [1.165, 1.54) is 0 Å². The molecule has 7 heteroatoms. The minimum Gasteiger partial charge on any atom is -0.497 e. The van der Waals surface area contributed by atoms with Gasteiger partial charge < -0.3 is 14.8 Å². The van der Waals surface area contributed by atoms with Crippen molar-refractivity contribution in [3.63, 3.8) is 0 Å². The van der Waals surface area contributed by atoms with Crippen LogP contribution in [0.25, 0.3) is 5.69 Å². The van der Waals surface area contributed by atoms with E-state index in [2.05, 4.69) is 17.3 Å². The van der Waals surface area contributed by atoms with Gasteiger partial charge >= 0.3 is 0 Å². The van der Waals surface area contributed by atoms with Crippen molar-refractivity contribution in [2.45, 2.75) is 26.7 Å². The van der Waals surface area contributed by atoms with Gasteiger partial charge in [-0.25, -0.2) is 4.68 Å². The van der Waals surface area contributed by atoms with E-state index in [0.29, 0.717) is 11.3 Å². The summed E-state index contributed by atoms with van der Waals surface area (Å²) in [6.07, 6.45) is 1.67. The zero-order valence-electron chi connectivity index (χ0n) is 20.5. The second-order valence-electron chi connectivity index (χ2n) is 8.15. The summed E-state index contributed by atoms with van der Waals surface area (Å²) in [6.45, 7) is 3.97. The molecule has 180 valence electrons. The average Bonchev–Trinajstić information content (AvgIpc) is 3.21. The van der Waals surface area contributed by atoms with Crippen molar-refractivity contribution >= 4 is 22.8 Å². The largest absolute Gasteiger partial charge is 0.497 e. The predicted molar refractivity (Wildman–Crippen MR) is 142 cm³/mol. The molecule has 0 bridgehead atoms. The molecule has 7 nitrogen and oxygen atoms in total. The third-order valence-corrected chi connectivity index (χ3v) is 5.70. The first-order valence-electron chi connectivity index (χ1n) is 11.6. The van der Waals surface area contributed by atoms with Gasteiger partial charge in [-0.3, -0.25) is 14.9 Å². The lowest BCUT2D eigenvalue weighted by Crippen LogP contribution is -2.19. The summed E-state index contributed by atoms with van der Waals surface area (Å²) in [6, 6.07) is 22.9. The average molecular weight is 471 g/mol. The molecule has 0 aliphatic carbocycles. The number of hydrogen-bond acceptors (Lipinski definition) is 5. The highest BCUT2D eigenvalue weighted by atomic mass is 16.5. The number of aromatic nitrogens is 2. The van der Waals surface area contributed by atoms with E-state index in [0.717, 1.165) is 52.8 Å². The van der Waals surface area contributed by atoms with E-state index in [-0.39, 0.29) is 5.56 Å². The van der Waals surface area contributed by atoms with Crippen molar-refractivity contribution in [1.82, 2.24) is 9.78 Å². The first-order valence-corrected chi connectivity index (χ1v) is 11.6. The number of aliphatic imine (C=N–C) groups is 1. The SMILES string of the molecule is CCCc1[nH]n(-c2ccc(OC)cc2)c(=O)c1C(C)=Nc1ccc(Nc2ccc(OC)cc2)cc1. The number of methoxy groups -OCH3 is 2. The maximum atomic E-state index is 13.4. The summed E-state index contributed by atoms with van der Waals surface area (Å²) in [4.78, 5) is 18.1. The molecular formula is C28H30N4O3. The molecule has 0 spiro atoms. The number of benzene rings is 3. The van der Waals surface area contributed by atoms with Crippen molar-refractivity contribution in [3.05, 3.63) is 94.4 Å². The quantitative estimate of drug-likeness (QED) is 0.293. The molecule has 4 rings (SSSR count). The lowest BCUT2D eigenvalue weighted by molar-refractivity contribution is 0.414. The Morgan fingerprint density at radius 2 is 1.43 bits per heavy atom. The number of ether oxygens (including phenoxy) is 2. The third kappa shape index (κ3) is 5.46. The molecule has 0 unspecified atom stereocenters. The van der Waals surface area contributed by atoms with Crippen LogP contribution >= 0.6 is 0 Å². The second-order valence-corrected chi connectivity index (χ2v) is 8.15. The molecule has 0 aliphatic heterocycles. The highest BCUT2D eigenvalue weighted by Crippen LogP contribution is 2.23. The summed E-state index contributed by atoms with van der Waals surface area (Å²) < 4.78 is 12.0. The van der Waals surface area contributed by atoms with Gasteiger partial charge in [0.15, 0.2) is 0 Å². The van der Waals surface area contributed by atoms with Crippen molar-refractivity contribution in [1.29, 1.82) is 0 Å². The standard InChI is InChI=1S/C28H30N4O3/c1-5-6-26-27(28(33)32(31-26)23-13-17-25(35-4)18-14-23)19(2)29-20-7-9-21(10-8-20)30-22-11-15-24(34-3)16-12-22/h7-18,30-31H,5-6H2,1-4H3. The van der Waals surface area contributed by atoms with Crippen LogP contribution in [0.4, 0.5) is 17.1 Å². The number of H-pyrrole nitrogens is 1. The monoisotopic (exact) mass is 470 g/mol. The smallest absolute Gasteiger partial charge is 0.280 e. The normalized spacial score (nSPS) is 11.4. The van der Waals surface area contributed by atoms with Gasteiger partial charge in [-0.05, 0) is 86.1 Å². The van der Waals surface area contributed by atoms with Gasteiger partial charge in [0.25, 0.3) is 5.56 Å². The van der Waals surface area contributed by atoms with Crippen LogP contribution in [0.3, 0.4) is 0 Å². The molecule has 1 aromatic heterocycles. The van der Waals surface area contributed by atoms with Crippen molar-refractivity contribution < 1.29 is 9.47 Å². The molecule has 0 fully saturated rings. The molecule has 0 amide bonds. The number of aryl methyl sites for hydroxylation is 1. The van der Waals surface area contributed by atoms with Gasteiger partial charge in [-0.1, -0.05) is 13.3 Å². The molecular weight excluding hydrogens is 440 g/mol. The Balaban J connectivity index is 1.59. The highest BCUT2D eigenvalue weighted by molar-refractivity contribution is 6.01. The summed E-state index contributed by atoms with van der Waals surface area (Å²) in [5.74, 6) is 1.55. The fourth-order valence-corrected chi connectivity index (χ4v) is 3.91. The number of nitrogens with zero attached hydrogens (tertiary/aromatic N) is 2. The molecule has 3 aromatic carbocycles. The second kappa shape index (κ2) is 10.8. The predicted octanol–water partition coefficient (Wildman–Crippen LogP) is 6.02. The Labute approximate surface area is 205 Å². The topological polar surface area (TPSA) is 80.6 Å². The fourth-order valence-electron chi connectivity index (χ4n) is 3.91. The summed E-state index contributed by atoms with van der Waals surface area (Å²) in [5, 5.41) is 6.64. The first-order chi connectivity index (χ1) is 17.0. The van der Waals surface area contributed by atoms with Gasteiger partial charge in [0.2, 0.25) is 0 Å². The number of nitrogens with one attached hydrogen (secondary N) is 2. The van der Waals surface area contributed by atoms with Crippen LogP contribution in [0, 0.1) is 0 Å². The first kappa shape index (κ1) is 23.9. The van der Waals surface area contributed by atoms with Gasteiger partial charge in [-0.15, -0.1) is 0 Å². The highest BCUT2D eigenvalue weighted by Gasteiger charge is 2.17. The summed E-state index contributed by atoms with van der Waals surface area (Å²) >= 11 is 0. The maximum Gasteiger partial charge on any atom is 0.280 e. The van der Waals surface area contributed by atoms with Crippen LogP contribution in [-0.4, -0.2) is 29.7 Å². The Morgan fingerprint density at radius 3 is 1.97 bits per heavy atom. The van der Waals surface area contributed by atoms with E-state index in [9.17, 15) is 4.79 Å². The van der Waals surface area contributed by atoms with E-state index in [4.69, 9.17) is 14.5 Å². The minimum absolute atomic E-state index is 0.113. The van der Waals surface area contributed by atoms with Crippen LogP contribution in [0.15, 0.2) is 82.6 Å². The van der Waals surface area contributed by atoms with Crippen LogP contribution in [0.2, 0.25) is 0 Å². The molecule has 4 aromatic rings. The fraction of sp³-hybridized carbons (Fsp3) is 0.214. The van der Waals surface area contributed by atoms with Crippen molar-refractivity contribution in [2.24, 2.45) is 4.99 Å². The molecule has 2 N–H and O–H groups in total. The van der Waals surface area contributed by atoms with E-state index in [1.54, 1.807) is 18.9 Å². The molecule has 0 saturated heterocycles. The zero-order chi connectivity index (χ0) is 24.8.